The van der Waals surface area contributed by atoms with E-state index < -0.39 is 8.83 Å². The van der Waals surface area contributed by atoms with E-state index in [1.807, 2.05) is 24.3 Å². The molecule has 0 radical (unpaired) electrons. The van der Waals surface area contributed by atoms with Gasteiger partial charge in [0.1, 0.15) is 8.83 Å². The Morgan fingerprint density at radius 2 is 1.00 bits per heavy atom. The molecule has 4 aromatic carbocycles. The molecule has 0 atom stereocenters. The minimum absolute atomic E-state index is 0.566. The van der Waals surface area contributed by atoms with Gasteiger partial charge in [0.15, 0.2) is 0 Å². The first-order valence-electron chi connectivity index (χ1n) is 11.3. The Bertz CT molecular complexity index is 1300. The number of alkyl halides is 2. The number of methoxy groups -OCH3 is 1. The zero-order valence-electron chi connectivity index (χ0n) is 19.1. The van der Waals surface area contributed by atoms with Gasteiger partial charge in [-0.25, -0.2) is 0 Å². The van der Waals surface area contributed by atoms with Crippen LogP contribution < -0.4 is 0 Å². The van der Waals surface area contributed by atoms with Crippen molar-refractivity contribution in [1.82, 2.24) is 0 Å². The molecule has 1 nitrogen and oxygen atoms in total. The van der Waals surface area contributed by atoms with Gasteiger partial charge in [-0.3, -0.25) is 0 Å². The molecule has 0 saturated carbocycles. The second-order valence-corrected chi connectivity index (χ2v) is 12.6. The number of halogens is 3. The van der Waals surface area contributed by atoms with Gasteiger partial charge in [0.2, 0.25) is 0 Å². The van der Waals surface area contributed by atoms with Gasteiger partial charge >= 0.3 is 0 Å². The van der Waals surface area contributed by atoms with E-state index in [1.165, 1.54) is 0 Å². The average molecular weight is 651 g/mol. The average Bonchev–Trinajstić information content (AvgIpc) is 2.93. The zero-order valence-corrected chi connectivity index (χ0v) is 23.8. The van der Waals surface area contributed by atoms with Crippen molar-refractivity contribution in [1.29, 1.82) is 0 Å². The Balaban J connectivity index is 1.90. The van der Waals surface area contributed by atoms with Gasteiger partial charge in [-0.2, -0.15) is 0 Å². The van der Waals surface area contributed by atoms with Crippen molar-refractivity contribution in [2.45, 2.75) is 8.83 Å². The highest BCUT2D eigenvalue weighted by Crippen LogP contribution is 2.66. The summed E-state index contributed by atoms with van der Waals surface area (Å²) < 4.78 is 7.00. The molecule has 0 saturated heterocycles. The number of allylic oxidation sites excluding steroid dienone is 1. The molecule has 0 spiro atoms. The topological polar surface area (TPSA) is 9.23 Å². The van der Waals surface area contributed by atoms with Crippen LogP contribution in [0.15, 0.2) is 137 Å². The lowest BCUT2D eigenvalue weighted by molar-refractivity contribution is 0.0541. The maximum Gasteiger partial charge on any atom is 0.144 e. The summed E-state index contributed by atoms with van der Waals surface area (Å²) >= 11 is 11.9. The normalized spacial score (nSPS) is 15.0. The monoisotopic (exact) mass is 648 g/mol. The fourth-order valence-corrected chi connectivity index (χ4v) is 6.75. The van der Waals surface area contributed by atoms with E-state index in [4.69, 9.17) is 4.74 Å². The van der Waals surface area contributed by atoms with Crippen molar-refractivity contribution in [3.63, 3.8) is 0 Å². The lowest BCUT2D eigenvalue weighted by atomic mass is 9.68. The Kier molecular flexibility index (Phi) is 7.00. The van der Waals surface area contributed by atoms with E-state index in [0.717, 1.165) is 43.5 Å². The second kappa shape index (κ2) is 10.0. The molecule has 4 heteroatoms. The molecule has 4 aromatic rings. The molecule has 0 aliphatic heterocycles. The van der Waals surface area contributed by atoms with Gasteiger partial charge in [0.05, 0.1) is 0 Å². The quantitative estimate of drug-likeness (QED) is 0.189. The van der Waals surface area contributed by atoms with Crippen LogP contribution in [0.1, 0.15) is 22.3 Å². The van der Waals surface area contributed by atoms with Gasteiger partial charge in [0, 0.05) is 22.7 Å². The van der Waals surface area contributed by atoms with Crippen LogP contribution in [0.5, 0.6) is 0 Å². The van der Waals surface area contributed by atoms with E-state index in [9.17, 15) is 0 Å². The van der Waals surface area contributed by atoms with Crippen molar-refractivity contribution < 1.29 is 4.74 Å². The number of hydrogen-bond donors (Lipinski definition) is 0. The number of benzene rings is 4. The molecule has 35 heavy (non-hydrogen) atoms. The molecule has 0 fully saturated rings. The lowest BCUT2D eigenvalue weighted by Gasteiger charge is -2.49. The van der Waals surface area contributed by atoms with Crippen LogP contribution in [0.4, 0.5) is 0 Å². The zero-order chi connectivity index (χ0) is 24.5. The number of hydrogen-bond acceptors (Lipinski definition) is 1. The molecular formula is C31H23Br3O. The molecule has 174 valence electrons. The third-order valence-corrected chi connectivity index (χ3v) is 10.1. The summed E-state index contributed by atoms with van der Waals surface area (Å²) in [5.41, 5.74) is 6.93. The standard InChI is InChI=1S/C31H23Br3O/c1-35-30(24-18-10-4-11-19-24,25-20-12-5-13-21-25)28-27(31(33,34)29(28)32)26(22-14-6-2-7-15-22)23-16-8-3-9-17-23/h2-21H,1H3. The van der Waals surface area contributed by atoms with Crippen LogP contribution in [0.25, 0.3) is 5.57 Å². The Morgan fingerprint density at radius 3 is 1.37 bits per heavy atom. The maximum absolute atomic E-state index is 6.57. The highest BCUT2D eigenvalue weighted by molar-refractivity contribution is 9.26. The van der Waals surface area contributed by atoms with E-state index in [1.54, 1.807) is 7.11 Å². The Labute approximate surface area is 231 Å². The molecule has 0 unspecified atom stereocenters. The van der Waals surface area contributed by atoms with Gasteiger partial charge in [-0.1, -0.05) is 169 Å². The van der Waals surface area contributed by atoms with Crippen LogP contribution >= 0.6 is 47.8 Å². The van der Waals surface area contributed by atoms with Crippen molar-refractivity contribution in [2.24, 2.45) is 0 Å². The van der Waals surface area contributed by atoms with Crippen molar-refractivity contribution in [3.05, 3.63) is 159 Å². The summed E-state index contributed by atoms with van der Waals surface area (Å²) in [6, 6.07) is 41.9. The Hall–Kier alpha value is -2.24. The first-order chi connectivity index (χ1) is 17.0. The molecule has 1 aliphatic carbocycles. The summed E-state index contributed by atoms with van der Waals surface area (Å²) in [5, 5.41) is 0. The first kappa shape index (κ1) is 24.5. The first-order valence-corrected chi connectivity index (χ1v) is 13.7. The molecule has 0 aromatic heterocycles. The smallest absolute Gasteiger partial charge is 0.144 e. The largest absolute Gasteiger partial charge is 0.364 e. The second-order valence-electron chi connectivity index (χ2n) is 8.36. The van der Waals surface area contributed by atoms with Crippen molar-refractivity contribution in [2.75, 3.05) is 7.11 Å². The van der Waals surface area contributed by atoms with Crippen LogP contribution in [0.2, 0.25) is 0 Å². The third-order valence-electron chi connectivity index (χ3n) is 6.45. The maximum atomic E-state index is 6.57. The molecule has 0 bridgehead atoms. The highest BCUT2D eigenvalue weighted by atomic mass is 79.9. The summed E-state index contributed by atoms with van der Waals surface area (Å²) in [5.74, 6) is 0. The van der Waals surface area contributed by atoms with E-state index in [-0.39, 0.29) is 0 Å². The fourth-order valence-electron chi connectivity index (χ4n) is 4.89. The minimum Gasteiger partial charge on any atom is -0.364 e. The summed E-state index contributed by atoms with van der Waals surface area (Å²) in [4.78, 5) is 0. The minimum atomic E-state index is -0.823. The van der Waals surface area contributed by atoms with Crippen LogP contribution in [-0.2, 0) is 10.3 Å². The van der Waals surface area contributed by atoms with E-state index in [0.29, 0.717) is 0 Å². The predicted octanol–water partition coefficient (Wildman–Crippen LogP) is 9.23. The van der Waals surface area contributed by atoms with E-state index >= 15 is 0 Å². The fraction of sp³-hybridized carbons (Fsp3) is 0.0968. The predicted molar refractivity (Wildman–Crippen MR) is 156 cm³/mol. The van der Waals surface area contributed by atoms with Crippen molar-refractivity contribution >= 4 is 53.4 Å². The van der Waals surface area contributed by atoms with Gasteiger partial charge in [-0.15, -0.1) is 0 Å². The lowest BCUT2D eigenvalue weighted by Crippen LogP contribution is -2.44. The number of rotatable bonds is 6. The summed E-state index contributed by atoms with van der Waals surface area (Å²) in [7, 11) is 1.79. The van der Waals surface area contributed by atoms with Gasteiger partial charge in [-0.05, 0) is 27.8 Å². The Morgan fingerprint density at radius 1 is 0.629 bits per heavy atom. The van der Waals surface area contributed by atoms with Crippen LogP contribution in [0.3, 0.4) is 0 Å². The van der Waals surface area contributed by atoms with Crippen molar-refractivity contribution in [3.8, 4) is 0 Å². The highest BCUT2D eigenvalue weighted by Gasteiger charge is 2.56. The molecule has 0 amide bonds. The molecule has 1 aliphatic rings. The molecular weight excluding hydrogens is 628 g/mol. The molecule has 0 N–H and O–H groups in total. The SMILES string of the molecule is COC(C1=C(Br)C(Br)(Br)C1=C(c1ccccc1)c1ccccc1)(c1ccccc1)c1ccccc1. The van der Waals surface area contributed by atoms with Crippen LogP contribution in [-0.4, -0.2) is 10.3 Å². The van der Waals surface area contributed by atoms with Crippen LogP contribution in [0, 0.1) is 0 Å². The number of ether oxygens (including phenoxy) is 1. The summed E-state index contributed by atoms with van der Waals surface area (Å²) in [6.45, 7) is 0. The molecule has 0 heterocycles. The van der Waals surface area contributed by atoms with E-state index in [2.05, 4.69) is 145 Å². The van der Waals surface area contributed by atoms with Gasteiger partial charge < -0.3 is 4.74 Å². The summed E-state index contributed by atoms with van der Waals surface area (Å²) in [6.07, 6.45) is 0. The third kappa shape index (κ3) is 4.11. The van der Waals surface area contributed by atoms with Gasteiger partial charge in [0.25, 0.3) is 0 Å². The molecule has 5 rings (SSSR count).